The van der Waals surface area contributed by atoms with Gasteiger partial charge in [0.05, 0.1) is 18.1 Å². The second kappa shape index (κ2) is 9.99. The van der Waals surface area contributed by atoms with E-state index in [0.717, 1.165) is 12.1 Å². The molecular weight excluding hydrogens is 518 g/mol. The molecule has 2 fully saturated rings. The highest BCUT2D eigenvalue weighted by molar-refractivity contribution is 8.03. The van der Waals surface area contributed by atoms with Crippen LogP contribution in [0.5, 0.6) is 0 Å². The Balaban J connectivity index is 1.55. The summed E-state index contributed by atoms with van der Waals surface area (Å²) in [6.07, 6.45) is -0.453. The summed E-state index contributed by atoms with van der Waals surface area (Å²) in [5.41, 5.74) is 0.409. The van der Waals surface area contributed by atoms with Gasteiger partial charge in [-0.05, 0) is 31.0 Å². The zero-order valence-electron chi connectivity index (χ0n) is 19.6. The monoisotopic (exact) mass is 546 g/mol. The molecule has 3 aliphatic heterocycles. The van der Waals surface area contributed by atoms with Crippen molar-refractivity contribution in [3.63, 3.8) is 0 Å². The summed E-state index contributed by atoms with van der Waals surface area (Å²) in [5, 5.41) is 24.8. The molecule has 10 nitrogen and oxygen atoms in total. The molecule has 36 heavy (non-hydrogen) atoms. The second-order valence-corrected chi connectivity index (χ2v) is 12.2. The highest BCUT2D eigenvalue weighted by Crippen LogP contribution is 2.52. The van der Waals surface area contributed by atoms with Gasteiger partial charge in [-0.15, -0.1) is 11.8 Å². The number of rotatable bonds is 9. The summed E-state index contributed by atoms with van der Waals surface area (Å²) in [6.45, 7) is 3.93. The number of likely N-dealkylation sites (tertiary alicyclic amines) is 1. The molecule has 6 atom stereocenters. The van der Waals surface area contributed by atoms with Gasteiger partial charge in [0.25, 0.3) is 10.2 Å². The van der Waals surface area contributed by atoms with Crippen molar-refractivity contribution in [2.75, 3.05) is 13.1 Å². The third-order valence-electron chi connectivity index (χ3n) is 6.98. The highest BCUT2D eigenvalue weighted by atomic mass is 32.2. The minimum absolute atomic E-state index is 0.0166. The molecule has 4 rings (SSSR count). The number of nitrogens with one attached hydrogen (secondary N) is 1. The lowest BCUT2D eigenvalue weighted by atomic mass is 9.79. The fraction of sp³-hybridized carbons (Fsp3) is 0.545. The topological polar surface area (TPSA) is 153 Å². The van der Waals surface area contributed by atoms with Crippen LogP contribution < -0.4 is 9.86 Å². The summed E-state index contributed by atoms with van der Waals surface area (Å²) in [4.78, 5) is 28.4. The molecule has 3 heterocycles. The van der Waals surface area contributed by atoms with Crippen LogP contribution in [0.1, 0.15) is 25.8 Å². The number of thioether (sulfide) groups is 1. The predicted octanol–water partition coefficient (Wildman–Crippen LogP) is 0.588. The van der Waals surface area contributed by atoms with Crippen LogP contribution in [0.15, 0.2) is 28.8 Å². The van der Waals surface area contributed by atoms with Crippen molar-refractivity contribution in [2.45, 2.75) is 50.3 Å². The Hall–Kier alpha value is -2.10. The fourth-order valence-electron chi connectivity index (χ4n) is 5.37. The number of benzene rings is 1. The molecule has 1 amide bonds. The zero-order valence-corrected chi connectivity index (χ0v) is 21.2. The molecule has 5 N–H and O–H groups in total. The molecule has 0 bridgehead atoms. The number of aliphatic carboxylic acids is 1. The predicted molar refractivity (Wildman–Crippen MR) is 127 cm³/mol. The first kappa shape index (κ1) is 26.9. The molecular formula is C22H28F2N4O6S2. The summed E-state index contributed by atoms with van der Waals surface area (Å²) in [5.74, 6) is -4.59. The first-order chi connectivity index (χ1) is 16.8. The average Bonchev–Trinajstić information content (AvgIpc) is 3.25. The molecule has 2 saturated heterocycles. The summed E-state index contributed by atoms with van der Waals surface area (Å²) >= 11 is 1.32. The zero-order chi connectivity index (χ0) is 26.5. The van der Waals surface area contributed by atoms with Gasteiger partial charge in [-0.25, -0.2) is 23.4 Å². The van der Waals surface area contributed by atoms with Crippen molar-refractivity contribution < 1.29 is 37.0 Å². The number of aliphatic hydroxyl groups excluding tert-OH is 1. The van der Waals surface area contributed by atoms with Crippen molar-refractivity contribution in [1.82, 2.24) is 14.5 Å². The van der Waals surface area contributed by atoms with Gasteiger partial charge in [-0.3, -0.25) is 9.69 Å². The van der Waals surface area contributed by atoms with Crippen LogP contribution in [0.2, 0.25) is 0 Å². The number of carboxylic acids is 1. The molecule has 3 aliphatic rings. The minimum atomic E-state index is -3.96. The van der Waals surface area contributed by atoms with Crippen LogP contribution >= 0.6 is 11.8 Å². The van der Waals surface area contributed by atoms with Crippen LogP contribution in [-0.2, 0) is 26.3 Å². The first-order valence-corrected chi connectivity index (χ1v) is 13.8. The smallest absolute Gasteiger partial charge is 0.353 e. The minimum Gasteiger partial charge on any atom is -0.477 e. The second-order valence-electron chi connectivity index (χ2n) is 9.47. The number of aliphatic hydroxyl groups is 1. The molecule has 0 saturated carbocycles. The van der Waals surface area contributed by atoms with Crippen molar-refractivity contribution >= 4 is 33.8 Å². The summed E-state index contributed by atoms with van der Waals surface area (Å²) in [6, 6.07) is 2.76. The Bertz CT molecular complexity index is 1210. The van der Waals surface area contributed by atoms with E-state index in [1.807, 2.05) is 11.8 Å². The summed E-state index contributed by atoms with van der Waals surface area (Å²) in [7, 11) is -3.96. The maximum absolute atomic E-state index is 13.7. The molecule has 0 unspecified atom stereocenters. The molecule has 0 aliphatic carbocycles. The Labute approximate surface area is 211 Å². The number of nitrogens with two attached hydrogens (primary N) is 1. The van der Waals surface area contributed by atoms with Crippen molar-refractivity contribution in [1.29, 1.82) is 0 Å². The fourth-order valence-corrected chi connectivity index (χ4v) is 7.39. The van der Waals surface area contributed by atoms with E-state index in [2.05, 4.69) is 4.72 Å². The molecule has 1 aromatic rings. The number of fused-ring (bicyclic) bond motifs is 1. The third-order valence-corrected chi connectivity index (χ3v) is 9.05. The number of carboxylic acid groups (broad SMARTS) is 1. The maximum atomic E-state index is 13.7. The van der Waals surface area contributed by atoms with E-state index in [0.29, 0.717) is 23.4 Å². The quantitative estimate of drug-likeness (QED) is 0.328. The standard InChI is InChI=1S/C22H28F2N4O6S2/c1-10-18-17(11(2)29)21(30)28(18)19(22(31)32)20(10)35-14-6-13(7-26-36(25,33)34)27(9-14)8-12-3-4-15(23)16(24)5-12/h3-5,10-11,13-14,17-18,26,29H,6-9H2,1-2H3,(H,31,32)(H2,25,33,34)/t10-,11-,13+,14+,17-,18-/m1/s1. The lowest BCUT2D eigenvalue weighted by molar-refractivity contribution is -0.163. The first-order valence-electron chi connectivity index (χ1n) is 11.4. The van der Waals surface area contributed by atoms with E-state index in [1.165, 1.54) is 29.7 Å². The van der Waals surface area contributed by atoms with Crippen LogP contribution in [-0.4, -0.2) is 76.8 Å². The van der Waals surface area contributed by atoms with E-state index < -0.39 is 51.8 Å². The van der Waals surface area contributed by atoms with Crippen LogP contribution in [0, 0.1) is 23.5 Å². The Morgan fingerprint density at radius 2 is 2.03 bits per heavy atom. The molecule has 0 radical (unpaired) electrons. The van der Waals surface area contributed by atoms with Gasteiger partial charge < -0.3 is 15.1 Å². The van der Waals surface area contributed by atoms with Crippen molar-refractivity contribution in [2.24, 2.45) is 17.0 Å². The molecule has 14 heteroatoms. The maximum Gasteiger partial charge on any atom is 0.353 e. The number of hydrogen-bond acceptors (Lipinski definition) is 7. The Morgan fingerprint density at radius 1 is 1.33 bits per heavy atom. The van der Waals surface area contributed by atoms with Gasteiger partial charge in [0, 0.05) is 41.7 Å². The van der Waals surface area contributed by atoms with Gasteiger partial charge in [-0.1, -0.05) is 13.0 Å². The highest BCUT2D eigenvalue weighted by Gasteiger charge is 2.60. The normalized spacial score (nSPS) is 29.4. The lowest BCUT2D eigenvalue weighted by Crippen LogP contribution is -2.63. The van der Waals surface area contributed by atoms with Gasteiger partial charge in [-0.2, -0.15) is 8.42 Å². The van der Waals surface area contributed by atoms with Crippen LogP contribution in [0.3, 0.4) is 0 Å². The summed E-state index contributed by atoms with van der Waals surface area (Å²) < 4.78 is 52.3. The largest absolute Gasteiger partial charge is 0.477 e. The Kier molecular flexibility index (Phi) is 7.48. The molecule has 0 aromatic heterocycles. The van der Waals surface area contributed by atoms with Gasteiger partial charge >= 0.3 is 5.97 Å². The number of β-lactam (4-membered cyclic amide) rings is 1. The number of carbonyl (C=O) groups excluding carboxylic acids is 1. The SMILES string of the molecule is C[C@@H](O)[C@H]1C(=O)N2C(C(=O)O)=C(S[C@H]3C[C@@H](CNS(N)(=O)=O)N(Cc4ccc(F)c(F)c4)C3)[C@H](C)[C@H]12. The van der Waals surface area contributed by atoms with E-state index >= 15 is 0 Å². The number of hydrogen-bond donors (Lipinski definition) is 4. The van der Waals surface area contributed by atoms with Gasteiger partial charge in [0.2, 0.25) is 5.91 Å². The van der Waals surface area contributed by atoms with Crippen molar-refractivity contribution in [3.05, 3.63) is 46.0 Å². The Morgan fingerprint density at radius 3 is 2.61 bits per heavy atom. The van der Waals surface area contributed by atoms with E-state index in [4.69, 9.17) is 5.14 Å². The lowest BCUT2D eigenvalue weighted by Gasteiger charge is -2.46. The van der Waals surface area contributed by atoms with Gasteiger partial charge in [0.1, 0.15) is 5.70 Å². The molecule has 198 valence electrons. The third kappa shape index (κ3) is 5.15. The van der Waals surface area contributed by atoms with E-state index in [9.17, 15) is 37.0 Å². The number of amides is 1. The van der Waals surface area contributed by atoms with E-state index in [-0.39, 0.29) is 36.0 Å². The van der Waals surface area contributed by atoms with Crippen molar-refractivity contribution in [3.8, 4) is 0 Å². The number of carbonyl (C=O) groups is 2. The molecule has 0 spiro atoms. The van der Waals surface area contributed by atoms with Gasteiger partial charge in [0.15, 0.2) is 11.6 Å². The number of halogens is 2. The molecule has 1 aromatic carbocycles. The number of nitrogens with zero attached hydrogens (tertiary/aromatic N) is 2. The van der Waals surface area contributed by atoms with Crippen LogP contribution in [0.25, 0.3) is 0 Å². The van der Waals surface area contributed by atoms with Crippen LogP contribution in [0.4, 0.5) is 8.78 Å². The average molecular weight is 547 g/mol. The van der Waals surface area contributed by atoms with E-state index in [1.54, 1.807) is 0 Å².